The third-order valence-corrected chi connectivity index (χ3v) is 16.0. The van der Waals surface area contributed by atoms with E-state index in [9.17, 15) is 0 Å². The van der Waals surface area contributed by atoms with Crippen molar-refractivity contribution in [1.29, 1.82) is 0 Å². The van der Waals surface area contributed by atoms with Gasteiger partial charge >= 0.3 is 0 Å². The Morgan fingerprint density at radius 3 is 1.68 bits per heavy atom. The van der Waals surface area contributed by atoms with Crippen LogP contribution in [0.15, 0.2) is 24.2 Å². The van der Waals surface area contributed by atoms with E-state index in [0.29, 0.717) is 5.95 Å². The second kappa shape index (κ2) is 11.0. The van der Waals surface area contributed by atoms with Crippen molar-refractivity contribution >= 4 is 16.6 Å². The van der Waals surface area contributed by atoms with Gasteiger partial charge in [0.05, 0.1) is 12.2 Å². The molecule has 0 rings (SSSR count). The Balaban J connectivity index is 5.66. The molecule has 0 aromatic heterocycles. The monoisotopic (exact) mass is 472 g/mol. The Morgan fingerprint density at radius 2 is 1.35 bits per heavy atom. The largest absolute Gasteiger partial charge is 0.519 e. The van der Waals surface area contributed by atoms with Crippen LogP contribution in [0.25, 0.3) is 0 Å². The fraction of sp³-hybridized carbons (Fsp3) is 0.840. The molecular weight excluding hydrogens is 420 g/mol. The minimum atomic E-state index is -2.01. The van der Waals surface area contributed by atoms with E-state index >= 15 is 0 Å². The van der Waals surface area contributed by atoms with E-state index in [1.165, 1.54) is 0 Å². The van der Waals surface area contributed by atoms with Crippen molar-refractivity contribution in [3.63, 3.8) is 0 Å². The zero-order valence-corrected chi connectivity index (χ0v) is 25.2. The third-order valence-electron chi connectivity index (χ3n) is 7.14. The van der Waals surface area contributed by atoms with Crippen molar-refractivity contribution < 1.29 is 18.3 Å². The predicted molar refractivity (Wildman–Crippen MR) is 139 cm³/mol. The second-order valence-corrected chi connectivity index (χ2v) is 21.5. The number of hydrogen-bond acceptors (Lipinski definition) is 4. The molecular formula is C25H52O4Si2. The minimum absolute atomic E-state index is 0.0419. The molecule has 0 saturated carbocycles. The van der Waals surface area contributed by atoms with Gasteiger partial charge < -0.3 is 18.3 Å². The van der Waals surface area contributed by atoms with E-state index in [1.807, 2.05) is 19.9 Å². The van der Waals surface area contributed by atoms with Gasteiger partial charge in [-0.3, -0.25) is 0 Å². The summed E-state index contributed by atoms with van der Waals surface area (Å²) in [7, 11) is -2.17. The van der Waals surface area contributed by atoms with Crippen molar-refractivity contribution in [1.82, 2.24) is 0 Å². The van der Waals surface area contributed by atoms with E-state index < -0.39 is 16.6 Å². The Labute approximate surface area is 196 Å². The summed E-state index contributed by atoms with van der Waals surface area (Å²) in [6.45, 7) is 34.9. The van der Waals surface area contributed by atoms with Gasteiger partial charge in [0.15, 0.2) is 8.32 Å². The first kappa shape index (κ1) is 30.4. The van der Waals surface area contributed by atoms with Crippen molar-refractivity contribution in [3.05, 3.63) is 24.2 Å². The van der Waals surface area contributed by atoms with Crippen LogP contribution in [0.1, 0.15) is 69.2 Å². The summed E-state index contributed by atoms with van der Waals surface area (Å²) in [6.07, 6.45) is 1.51. The average Bonchev–Trinajstić information content (AvgIpc) is 2.55. The second-order valence-electron chi connectivity index (χ2n) is 12.0. The number of hydrogen-bond donors (Lipinski definition) is 0. The molecule has 0 aromatic carbocycles. The molecule has 0 bridgehead atoms. The quantitative estimate of drug-likeness (QED) is 0.174. The van der Waals surface area contributed by atoms with Gasteiger partial charge in [0.2, 0.25) is 0 Å². The molecule has 0 aliphatic carbocycles. The van der Waals surface area contributed by atoms with Gasteiger partial charge in [-0.2, -0.15) is 0 Å². The van der Waals surface area contributed by atoms with Crippen LogP contribution < -0.4 is 0 Å². The minimum Gasteiger partial charge on any atom is -0.519 e. The molecule has 4 nitrogen and oxygen atoms in total. The van der Waals surface area contributed by atoms with Crippen LogP contribution in [-0.4, -0.2) is 42.1 Å². The highest BCUT2D eigenvalue weighted by Crippen LogP contribution is 2.40. The van der Waals surface area contributed by atoms with Crippen LogP contribution in [0.5, 0.6) is 0 Å². The van der Waals surface area contributed by atoms with Crippen LogP contribution in [0, 0.1) is 5.92 Å². The fourth-order valence-electron chi connectivity index (χ4n) is 3.05. The topological polar surface area (TPSA) is 36.9 Å². The lowest BCUT2D eigenvalue weighted by Crippen LogP contribution is -2.49. The first-order chi connectivity index (χ1) is 13.7. The summed E-state index contributed by atoms with van der Waals surface area (Å²) in [5.74, 6) is 0.625. The van der Waals surface area contributed by atoms with E-state index in [1.54, 1.807) is 7.11 Å². The van der Waals surface area contributed by atoms with E-state index in [0.717, 1.165) is 5.57 Å². The zero-order valence-electron chi connectivity index (χ0n) is 23.2. The van der Waals surface area contributed by atoms with Crippen molar-refractivity contribution in [2.75, 3.05) is 7.11 Å². The number of ether oxygens (including phenoxy) is 2. The molecule has 0 spiro atoms. The van der Waals surface area contributed by atoms with Gasteiger partial charge in [0.25, 0.3) is 14.3 Å². The number of allylic oxidation sites excluding steroid dienone is 1. The lowest BCUT2D eigenvalue weighted by molar-refractivity contribution is -0.0722. The maximum Gasteiger partial charge on any atom is 0.261 e. The number of rotatable bonds is 11. The highest BCUT2D eigenvalue weighted by atomic mass is 28.4. The average molecular weight is 473 g/mol. The molecule has 0 aliphatic rings. The Kier molecular flexibility index (Phi) is 10.8. The molecule has 0 amide bonds. The van der Waals surface area contributed by atoms with Crippen LogP contribution >= 0.6 is 0 Å². The summed E-state index contributed by atoms with van der Waals surface area (Å²) < 4.78 is 25.5. The van der Waals surface area contributed by atoms with E-state index in [4.69, 9.17) is 18.3 Å². The molecule has 0 radical (unpaired) electrons. The Bertz CT molecular complexity index is 612. The Hall–Kier alpha value is -0.566. The predicted octanol–water partition coefficient (Wildman–Crippen LogP) is 7.89. The molecule has 184 valence electrons. The first-order valence-electron chi connectivity index (χ1n) is 11.6. The van der Waals surface area contributed by atoms with Crippen LogP contribution in [0.2, 0.25) is 36.3 Å². The van der Waals surface area contributed by atoms with Crippen LogP contribution in [0.4, 0.5) is 0 Å². The first-order valence-corrected chi connectivity index (χ1v) is 17.4. The highest BCUT2D eigenvalue weighted by Gasteiger charge is 2.43. The summed E-state index contributed by atoms with van der Waals surface area (Å²) in [5, 5.41) is 0.234. The molecule has 6 heteroatoms. The molecule has 0 N–H and O–H groups in total. The SMILES string of the molecule is C=C(C)[C@H](O/C(=C\C)O[Si](C)(C)C(C)(C)C)[C@H](C)[C@@H](OC)[C@H](C)O[Si](C)(C)C(C)(C)C. The molecule has 0 saturated heterocycles. The summed E-state index contributed by atoms with van der Waals surface area (Å²) in [4.78, 5) is 0. The van der Waals surface area contributed by atoms with Gasteiger partial charge in [0, 0.05) is 13.0 Å². The molecule has 0 unspecified atom stereocenters. The molecule has 0 aromatic rings. The smallest absolute Gasteiger partial charge is 0.261 e. The van der Waals surface area contributed by atoms with Crippen molar-refractivity contribution in [2.45, 2.75) is 124 Å². The molecule has 0 heterocycles. The normalized spacial score (nSPS) is 18.2. The lowest BCUT2D eigenvalue weighted by atomic mass is 9.91. The van der Waals surface area contributed by atoms with E-state index in [-0.39, 0.29) is 34.3 Å². The third kappa shape index (κ3) is 8.37. The van der Waals surface area contributed by atoms with Gasteiger partial charge in [-0.15, -0.1) is 0 Å². The molecule has 0 aliphatic heterocycles. The van der Waals surface area contributed by atoms with Gasteiger partial charge in [-0.05, 0) is 68.7 Å². The van der Waals surface area contributed by atoms with Gasteiger partial charge in [0.1, 0.15) is 6.10 Å². The summed E-state index contributed by atoms with van der Waals surface area (Å²) >= 11 is 0. The van der Waals surface area contributed by atoms with E-state index in [2.05, 4.69) is 88.2 Å². The standard InChI is InChI=1S/C25H52O4Si2/c1-17-21(29-31(15,16)25(9,10)11)27-22(18(2)3)19(4)23(26-12)20(5)28-30(13,14)24(6,7)8/h17,19-20,22-23H,2H2,1,3-16H3/b21-17+/t19-,20-,22-,23+/m0/s1. The lowest BCUT2D eigenvalue weighted by Gasteiger charge is -2.42. The summed E-state index contributed by atoms with van der Waals surface area (Å²) in [6, 6.07) is 0. The van der Waals surface area contributed by atoms with Crippen molar-refractivity contribution in [3.8, 4) is 0 Å². The molecule has 4 atom stereocenters. The van der Waals surface area contributed by atoms with Crippen molar-refractivity contribution in [2.24, 2.45) is 5.92 Å². The maximum absolute atomic E-state index is 6.65. The highest BCUT2D eigenvalue weighted by molar-refractivity contribution is 6.74. The van der Waals surface area contributed by atoms with Crippen LogP contribution in [0.3, 0.4) is 0 Å². The number of methoxy groups -OCH3 is 1. The maximum atomic E-state index is 6.65. The van der Waals surface area contributed by atoms with Crippen LogP contribution in [-0.2, 0) is 18.3 Å². The molecule has 31 heavy (non-hydrogen) atoms. The fourth-order valence-corrected chi connectivity index (χ4v) is 5.44. The molecule has 0 fully saturated rings. The zero-order chi connectivity index (χ0) is 25.0. The summed E-state index contributed by atoms with van der Waals surface area (Å²) in [5.41, 5.74) is 0.951. The Morgan fingerprint density at radius 1 is 0.903 bits per heavy atom. The van der Waals surface area contributed by atoms with Gasteiger partial charge in [-0.25, -0.2) is 0 Å². The van der Waals surface area contributed by atoms with Gasteiger partial charge in [-0.1, -0.05) is 55.0 Å².